The van der Waals surface area contributed by atoms with Crippen LogP contribution in [0, 0.1) is 5.92 Å². The van der Waals surface area contributed by atoms with Crippen molar-refractivity contribution in [3.8, 4) is 0 Å². The van der Waals surface area contributed by atoms with Crippen molar-refractivity contribution in [3.05, 3.63) is 34.9 Å². The summed E-state index contributed by atoms with van der Waals surface area (Å²) < 4.78 is 5.50. The van der Waals surface area contributed by atoms with Crippen molar-refractivity contribution in [2.45, 2.75) is 51.9 Å². The third-order valence-electron chi connectivity index (χ3n) is 4.65. The Kier molecular flexibility index (Phi) is 3.40. The number of benzene rings is 1. The topological polar surface area (TPSA) is 21.3 Å². The molecule has 98 valence electrons. The first-order valence-electron chi connectivity index (χ1n) is 7.26. The molecule has 1 N–H and O–H groups in total. The second kappa shape index (κ2) is 5.02. The van der Waals surface area contributed by atoms with Crippen molar-refractivity contribution < 1.29 is 4.74 Å². The quantitative estimate of drug-likeness (QED) is 0.879. The van der Waals surface area contributed by atoms with Crippen LogP contribution in [0.2, 0.25) is 0 Å². The fraction of sp³-hybridized carbons (Fsp3) is 0.625. The molecule has 18 heavy (non-hydrogen) atoms. The summed E-state index contributed by atoms with van der Waals surface area (Å²) >= 11 is 0. The molecule has 0 aromatic heterocycles. The van der Waals surface area contributed by atoms with E-state index in [0.29, 0.717) is 0 Å². The zero-order valence-corrected chi connectivity index (χ0v) is 11.4. The summed E-state index contributed by atoms with van der Waals surface area (Å²) in [6.45, 7) is 7.22. The van der Waals surface area contributed by atoms with Gasteiger partial charge in [-0.05, 0) is 41.5 Å². The van der Waals surface area contributed by atoms with E-state index in [9.17, 15) is 0 Å². The largest absolute Gasteiger partial charge is 0.372 e. The van der Waals surface area contributed by atoms with Crippen LogP contribution < -0.4 is 5.32 Å². The summed E-state index contributed by atoms with van der Waals surface area (Å²) in [6.07, 6.45) is 2.57. The molecule has 1 fully saturated rings. The van der Waals surface area contributed by atoms with E-state index in [4.69, 9.17) is 4.74 Å². The predicted octanol–water partition coefficient (Wildman–Crippen LogP) is 3.21. The van der Waals surface area contributed by atoms with Crippen molar-refractivity contribution in [2.75, 3.05) is 6.54 Å². The smallest absolute Gasteiger partial charge is 0.0725 e. The molecule has 0 spiro atoms. The molecule has 2 aliphatic rings. The van der Waals surface area contributed by atoms with Crippen LogP contribution in [-0.2, 0) is 18.0 Å². The van der Waals surface area contributed by atoms with Gasteiger partial charge in [0.15, 0.2) is 0 Å². The maximum atomic E-state index is 5.50. The Morgan fingerprint density at radius 1 is 1.22 bits per heavy atom. The SMILES string of the molecule is CCNC1CC(c2ccc3c(c2)COC3)C1CC. The van der Waals surface area contributed by atoms with Gasteiger partial charge in [0, 0.05) is 6.04 Å². The van der Waals surface area contributed by atoms with Gasteiger partial charge in [0.05, 0.1) is 13.2 Å². The van der Waals surface area contributed by atoms with Crippen LogP contribution in [0.15, 0.2) is 18.2 Å². The molecule has 1 aliphatic heterocycles. The number of fused-ring (bicyclic) bond motifs is 1. The standard InChI is InChI=1S/C16H23NO/c1-3-14-15(8-16(14)17-4-2)11-5-6-12-9-18-10-13(12)7-11/h5-7,14-17H,3-4,8-10H2,1-2H3. The third kappa shape index (κ3) is 1.98. The molecular formula is C16H23NO. The highest BCUT2D eigenvalue weighted by Crippen LogP contribution is 2.45. The first-order valence-corrected chi connectivity index (χ1v) is 7.26. The molecular weight excluding hydrogens is 222 g/mol. The van der Waals surface area contributed by atoms with Gasteiger partial charge >= 0.3 is 0 Å². The molecule has 0 amide bonds. The molecule has 1 aromatic rings. The van der Waals surface area contributed by atoms with Gasteiger partial charge in [-0.3, -0.25) is 0 Å². The molecule has 3 unspecified atom stereocenters. The van der Waals surface area contributed by atoms with Crippen LogP contribution in [0.5, 0.6) is 0 Å². The maximum Gasteiger partial charge on any atom is 0.0725 e. The Balaban J connectivity index is 1.76. The molecule has 1 aliphatic carbocycles. The van der Waals surface area contributed by atoms with Gasteiger partial charge in [-0.2, -0.15) is 0 Å². The number of hydrogen-bond donors (Lipinski definition) is 1. The van der Waals surface area contributed by atoms with Crippen LogP contribution in [0.4, 0.5) is 0 Å². The highest BCUT2D eigenvalue weighted by molar-refractivity contribution is 5.36. The third-order valence-corrected chi connectivity index (χ3v) is 4.65. The molecule has 2 nitrogen and oxygen atoms in total. The highest BCUT2D eigenvalue weighted by Gasteiger charge is 2.39. The Labute approximate surface area is 110 Å². The number of rotatable bonds is 4. The van der Waals surface area contributed by atoms with Crippen molar-refractivity contribution in [2.24, 2.45) is 5.92 Å². The lowest BCUT2D eigenvalue weighted by Gasteiger charge is -2.45. The minimum absolute atomic E-state index is 0.731. The summed E-state index contributed by atoms with van der Waals surface area (Å²) in [6, 6.07) is 7.71. The minimum Gasteiger partial charge on any atom is -0.372 e. The molecule has 0 radical (unpaired) electrons. The summed E-state index contributed by atoms with van der Waals surface area (Å²) in [7, 11) is 0. The van der Waals surface area contributed by atoms with Gasteiger partial charge in [0.1, 0.15) is 0 Å². The Bertz CT molecular complexity index is 429. The van der Waals surface area contributed by atoms with Crippen LogP contribution in [0.3, 0.4) is 0 Å². The molecule has 1 heterocycles. The van der Waals surface area contributed by atoms with Gasteiger partial charge in [-0.15, -0.1) is 0 Å². The first kappa shape index (κ1) is 12.2. The van der Waals surface area contributed by atoms with E-state index in [1.165, 1.54) is 29.5 Å². The van der Waals surface area contributed by atoms with E-state index in [0.717, 1.165) is 37.6 Å². The summed E-state index contributed by atoms with van der Waals surface area (Å²) in [5, 5.41) is 3.61. The van der Waals surface area contributed by atoms with Gasteiger partial charge in [-0.1, -0.05) is 38.5 Å². The maximum absolute atomic E-state index is 5.50. The molecule has 3 atom stereocenters. The van der Waals surface area contributed by atoms with E-state index in [-0.39, 0.29) is 0 Å². The summed E-state index contributed by atoms with van der Waals surface area (Å²) in [5.74, 6) is 1.57. The van der Waals surface area contributed by atoms with Crippen molar-refractivity contribution in [1.82, 2.24) is 5.32 Å². The van der Waals surface area contributed by atoms with Crippen molar-refractivity contribution >= 4 is 0 Å². The van der Waals surface area contributed by atoms with Gasteiger partial charge in [-0.25, -0.2) is 0 Å². The average molecular weight is 245 g/mol. The lowest BCUT2D eigenvalue weighted by molar-refractivity contribution is 0.134. The average Bonchev–Trinajstić information content (AvgIpc) is 2.81. The molecule has 2 heteroatoms. The second-order valence-electron chi connectivity index (χ2n) is 5.60. The fourth-order valence-corrected chi connectivity index (χ4v) is 3.58. The normalized spacial score (nSPS) is 30.0. The van der Waals surface area contributed by atoms with Crippen LogP contribution in [-0.4, -0.2) is 12.6 Å². The molecule has 1 saturated carbocycles. The van der Waals surface area contributed by atoms with E-state index >= 15 is 0 Å². The number of nitrogens with one attached hydrogen (secondary N) is 1. The second-order valence-corrected chi connectivity index (χ2v) is 5.60. The van der Waals surface area contributed by atoms with Crippen LogP contribution in [0.25, 0.3) is 0 Å². The van der Waals surface area contributed by atoms with Gasteiger partial charge < -0.3 is 10.1 Å². The van der Waals surface area contributed by atoms with E-state index in [1.54, 1.807) is 0 Å². The van der Waals surface area contributed by atoms with E-state index < -0.39 is 0 Å². The Hall–Kier alpha value is -0.860. The zero-order chi connectivity index (χ0) is 12.5. The molecule has 0 saturated heterocycles. The number of ether oxygens (including phenoxy) is 1. The first-order chi connectivity index (χ1) is 8.83. The lowest BCUT2D eigenvalue weighted by atomic mass is 9.64. The lowest BCUT2D eigenvalue weighted by Crippen LogP contribution is -2.48. The van der Waals surface area contributed by atoms with Crippen LogP contribution >= 0.6 is 0 Å². The summed E-state index contributed by atoms with van der Waals surface area (Å²) in [5.41, 5.74) is 4.32. The molecule has 1 aromatic carbocycles. The minimum atomic E-state index is 0.731. The van der Waals surface area contributed by atoms with Crippen molar-refractivity contribution in [3.63, 3.8) is 0 Å². The van der Waals surface area contributed by atoms with Crippen LogP contribution in [0.1, 0.15) is 49.3 Å². The monoisotopic (exact) mass is 245 g/mol. The Morgan fingerprint density at radius 2 is 2.06 bits per heavy atom. The van der Waals surface area contributed by atoms with Gasteiger partial charge in [0.25, 0.3) is 0 Å². The Morgan fingerprint density at radius 3 is 2.83 bits per heavy atom. The zero-order valence-electron chi connectivity index (χ0n) is 11.4. The van der Waals surface area contributed by atoms with E-state index in [2.05, 4.69) is 37.4 Å². The van der Waals surface area contributed by atoms with Crippen molar-refractivity contribution in [1.29, 1.82) is 0 Å². The number of hydrogen-bond acceptors (Lipinski definition) is 2. The molecule has 3 rings (SSSR count). The predicted molar refractivity (Wildman–Crippen MR) is 73.5 cm³/mol. The fourth-order valence-electron chi connectivity index (χ4n) is 3.58. The highest BCUT2D eigenvalue weighted by atomic mass is 16.5. The summed E-state index contributed by atoms with van der Waals surface area (Å²) in [4.78, 5) is 0. The van der Waals surface area contributed by atoms with E-state index in [1.807, 2.05) is 0 Å². The van der Waals surface area contributed by atoms with Gasteiger partial charge in [0.2, 0.25) is 0 Å². The molecule has 0 bridgehead atoms.